The number of carboxylic acids is 1. The molecule has 1 atom stereocenters. The van der Waals surface area contributed by atoms with Gasteiger partial charge in [0.15, 0.2) is 0 Å². The third kappa shape index (κ3) is 2.78. The van der Waals surface area contributed by atoms with Gasteiger partial charge in [-0.1, -0.05) is 6.07 Å². The number of amides is 1. The molecule has 1 aromatic carbocycles. The number of rotatable bonds is 3. The summed E-state index contributed by atoms with van der Waals surface area (Å²) in [6.07, 6.45) is 0. The smallest absolute Gasteiger partial charge is 0.328 e. The molecule has 1 aliphatic heterocycles. The number of methoxy groups -OCH3 is 1. The molecule has 1 fully saturated rings. The van der Waals surface area contributed by atoms with Gasteiger partial charge >= 0.3 is 5.97 Å². The fourth-order valence-corrected chi connectivity index (χ4v) is 2.11. The molecule has 0 bridgehead atoms. The quantitative estimate of drug-likeness (QED) is 0.826. The number of aryl methyl sites for hydroxylation is 1. The Morgan fingerprint density at radius 2 is 2.26 bits per heavy atom. The van der Waals surface area contributed by atoms with Crippen molar-refractivity contribution in [1.82, 2.24) is 5.32 Å². The van der Waals surface area contributed by atoms with E-state index in [0.29, 0.717) is 5.75 Å². The molecule has 0 aliphatic carbocycles. The second-order valence-corrected chi connectivity index (χ2v) is 4.51. The Morgan fingerprint density at radius 1 is 1.53 bits per heavy atom. The Kier molecular flexibility index (Phi) is 3.59. The van der Waals surface area contributed by atoms with Crippen molar-refractivity contribution < 1.29 is 19.4 Å². The molecule has 0 aromatic heterocycles. The second kappa shape index (κ2) is 5.17. The first-order chi connectivity index (χ1) is 9.01. The summed E-state index contributed by atoms with van der Waals surface area (Å²) in [7, 11) is 1.55. The fraction of sp³-hybridized carbons (Fsp3) is 0.385. The zero-order valence-corrected chi connectivity index (χ0v) is 10.8. The summed E-state index contributed by atoms with van der Waals surface area (Å²) in [5.41, 5.74) is 1.76. The van der Waals surface area contributed by atoms with Crippen molar-refractivity contribution in [2.24, 2.45) is 0 Å². The van der Waals surface area contributed by atoms with E-state index >= 15 is 0 Å². The van der Waals surface area contributed by atoms with E-state index in [2.05, 4.69) is 5.32 Å². The van der Waals surface area contributed by atoms with Crippen LogP contribution in [0.15, 0.2) is 18.2 Å². The predicted octanol–water partition coefficient (Wildman–Crippen LogP) is 0.393. The lowest BCUT2D eigenvalue weighted by Gasteiger charge is -2.33. The van der Waals surface area contributed by atoms with Crippen molar-refractivity contribution in [2.45, 2.75) is 13.0 Å². The highest BCUT2D eigenvalue weighted by atomic mass is 16.5. The van der Waals surface area contributed by atoms with Gasteiger partial charge in [-0.3, -0.25) is 4.79 Å². The van der Waals surface area contributed by atoms with Crippen LogP contribution in [-0.2, 0) is 9.59 Å². The molecule has 6 nitrogen and oxygen atoms in total. The first-order valence-corrected chi connectivity index (χ1v) is 5.93. The van der Waals surface area contributed by atoms with Gasteiger partial charge in [-0.05, 0) is 24.6 Å². The lowest BCUT2D eigenvalue weighted by atomic mass is 10.1. The van der Waals surface area contributed by atoms with Crippen molar-refractivity contribution in [3.63, 3.8) is 0 Å². The average molecular weight is 264 g/mol. The molecule has 1 aromatic rings. The van der Waals surface area contributed by atoms with E-state index < -0.39 is 12.0 Å². The van der Waals surface area contributed by atoms with Crippen LogP contribution in [0.2, 0.25) is 0 Å². The van der Waals surface area contributed by atoms with Crippen molar-refractivity contribution in [2.75, 3.05) is 25.1 Å². The number of carbonyl (C=O) groups is 2. The summed E-state index contributed by atoms with van der Waals surface area (Å²) < 4.78 is 5.26. The monoisotopic (exact) mass is 264 g/mol. The summed E-state index contributed by atoms with van der Waals surface area (Å²) in [6, 6.07) is 4.70. The molecule has 2 N–H and O–H groups in total. The minimum atomic E-state index is -1.04. The third-order valence-corrected chi connectivity index (χ3v) is 3.05. The standard InChI is InChI=1S/C13H16N2O4/c1-8-3-4-11(19-2)10(5-8)15-6-9(13(17)18)14-12(16)7-15/h3-5,9H,6-7H2,1-2H3,(H,14,16)(H,17,18). The van der Waals surface area contributed by atoms with Crippen LogP contribution in [0.4, 0.5) is 5.69 Å². The number of hydrogen-bond donors (Lipinski definition) is 2. The highest BCUT2D eigenvalue weighted by Crippen LogP contribution is 2.30. The third-order valence-electron chi connectivity index (χ3n) is 3.05. The molecule has 19 heavy (non-hydrogen) atoms. The van der Waals surface area contributed by atoms with Crippen LogP contribution in [0, 0.1) is 6.92 Å². The van der Waals surface area contributed by atoms with Gasteiger partial charge in [0.2, 0.25) is 5.91 Å². The molecule has 0 spiro atoms. The van der Waals surface area contributed by atoms with Crippen LogP contribution in [0.5, 0.6) is 5.75 Å². The van der Waals surface area contributed by atoms with Crippen LogP contribution in [0.25, 0.3) is 0 Å². The van der Waals surface area contributed by atoms with E-state index in [-0.39, 0.29) is 19.0 Å². The first kappa shape index (κ1) is 13.2. The van der Waals surface area contributed by atoms with E-state index in [1.165, 1.54) is 0 Å². The molecule has 1 saturated heterocycles. The van der Waals surface area contributed by atoms with Gasteiger partial charge in [0.05, 0.1) is 19.3 Å². The molecule has 0 radical (unpaired) electrons. The lowest BCUT2D eigenvalue weighted by molar-refractivity contribution is -0.142. The first-order valence-electron chi connectivity index (χ1n) is 5.93. The summed E-state index contributed by atoms with van der Waals surface area (Å²) >= 11 is 0. The summed E-state index contributed by atoms with van der Waals surface area (Å²) in [4.78, 5) is 24.3. The Hall–Kier alpha value is -2.24. The second-order valence-electron chi connectivity index (χ2n) is 4.51. The Bertz CT molecular complexity index is 515. The van der Waals surface area contributed by atoms with E-state index in [0.717, 1.165) is 11.3 Å². The van der Waals surface area contributed by atoms with Gasteiger partial charge in [-0.2, -0.15) is 0 Å². The number of nitrogens with zero attached hydrogens (tertiary/aromatic N) is 1. The number of carbonyl (C=O) groups excluding carboxylic acids is 1. The number of aliphatic carboxylic acids is 1. The molecule has 2 rings (SSSR count). The minimum Gasteiger partial charge on any atom is -0.495 e. The molecular formula is C13H16N2O4. The van der Waals surface area contributed by atoms with Gasteiger partial charge in [0, 0.05) is 6.54 Å². The van der Waals surface area contributed by atoms with Crippen LogP contribution >= 0.6 is 0 Å². The minimum absolute atomic E-state index is 0.129. The number of benzene rings is 1. The maximum Gasteiger partial charge on any atom is 0.328 e. The van der Waals surface area contributed by atoms with Crippen molar-refractivity contribution in [3.8, 4) is 5.75 Å². The topological polar surface area (TPSA) is 78.9 Å². The lowest BCUT2D eigenvalue weighted by Crippen LogP contribution is -2.57. The predicted molar refractivity (Wildman–Crippen MR) is 69.5 cm³/mol. The number of piperazine rings is 1. The highest BCUT2D eigenvalue weighted by molar-refractivity contribution is 5.89. The molecular weight excluding hydrogens is 248 g/mol. The number of anilines is 1. The highest BCUT2D eigenvalue weighted by Gasteiger charge is 2.30. The Labute approximate surface area is 111 Å². The number of ether oxygens (including phenoxy) is 1. The summed E-state index contributed by atoms with van der Waals surface area (Å²) in [6.45, 7) is 2.28. The molecule has 102 valence electrons. The van der Waals surface area contributed by atoms with Gasteiger partial charge in [0.1, 0.15) is 11.8 Å². The zero-order chi connectivity index (χ0) is 14.0. The summed E-state index contributed by atoms with van der Waals surface area (Å²) in [5.74, 6) is -0.712. The van der Waals surface area contributed by atoms with E-state index in [1.807, 2.05) is 25.1 Å². The molecule has 0 saturated carbocycles. The van der Waals surface area contributed by atoms with E-state index in [1.54, 1.807) is 12.0 Å². The molecule has 1 unspecified atom stereocenters. The molecule has 1 heterocycles. The Morgan fingerprint density at radius 3 is 2.89 bits per heavy atom. The van der Waals surface area contributed by atoms with E-state index in [4.69, 9.17) is 9.84 Å². The molecule has 1 amide bonds. The van der Waals surface area contributed by atoms with Crippen LogP contribution in [-0.4, -0.2) is 43.2 Å². The summed E-state index contributed by atoms with van der Waals surface area (Å²) in [5, 5.41) is 11.5. The van der Waals surface area contributed by atoms with Crippen molar-refractivity contribution >= 4 is 17.6 Å². The van der Waals surface area contributed by atoms with Gasteiger partial charge < -0.3 is 20.1 Å². The number of hydrogen-bond acceptors (Lipinski definition) is 4. The van der Waals surface area contributed by atoms with Gasteiger partial charge in [-0.15, -0.1) is 0 Å². The zero-order valence-electron chi connectivity index (χ0n) is 10.8. The molecule has 6 heteroatoms. The number of nitrogens with one attached hydrogen (secondary N) is 1. The normalized spacial score (nSPS) is 18.9. The van der Waals surface area contributed by atoms with Crippen molar-refractivity contribution in [1.29, 1.82) is 0 Å². The van der Waals surface area contributed by atoms with Crippen LogP contribution in [0.3, 0.4) is 0 Å². The van der Waals surface area contributed by atoms with Crippen LogP contribution in [0.1, 0.15) is 5.56 Å². The Balaban J connectivity index is 2.32. The van der Waals surface area contributed by atoms with Crippen molar-refractivity contribution in [3.05, 3.63) is 23.8 Å². The van der Waals surface area contributed by atoms with Gasteiger partial charge in [-0.25, -0.2) is 4.79 Å². The van der Waals surface area contributed by atoms with E-state index in [9.17, 15) is 9.59 Å². The SMILES string of the molecule is COc1ccc(C)cc1N1CC(=O)NC(C(=O)O)C1. The largest absolute Gasteiger partial charge is 0.495 e. The maximum absolute atomic E-state index is 11.6. The average Bonchev–Trinajstić information content (AvgIpc) is 2.37. The fourth-order valence-electron chi connectivity index (χ4n) is 2.11. The molecule has 1 aliphatic rings. The van der Waals surface area contributed by atoms with Crippen LogP contribution < -0.4 is 15.0 Å². The maximum atomic E-state index is 11.6. The number of carboxylic acid groups (broad SMARTS) is 1. The van der Waals surface area contributed by atoms with Gasteiger partial charge in [0.25, 0.3) is 0 Å².